The van der Waals surface area contributed by atoms with Gasteiger partial charge in [-0.05, 0) is 60.4 Å². The summed E-state index contributed by atoms with van der Waals surface area (Å²) >= 11 is 5.12. The van der Waals surface area contributed by atoms with E-state index in [1.807, 2.05) is 60.9 Å². The van der Waals surface area contributed by atoms with E-state index in [9.17, 15) is 4.79 Å². The number of aromatic nitrogens is 4. The maximum absolute atomic E-state index is 12.6. The first kappa shape index (κ1) is 28.3. The highest BCUT2D eigenvalue weighted by molar-refractivity contribution is 9.10. The molecule has 0 unspecified atom stereocenters. The van der Waals surface area contributed by atoms with Gasteiger partial charge in [-0.2, -0.15) is 4.98 Å². The van der Waals surface area contributed by atoms with Gasteiger partial charge < -0.3 is 29.5 Å². The number of carbonyl (C=O) groups is 1. The summed E-state index contributed by atoms with van der Waals surface area (Å²) in [6.07, 6.45) is 7.02. The highest BCUT2D eigenvalue weighted by Crippen LogP contribution is 2.38. The number of methoxy groups -OCH3 is 1. The van der Waals surface area contributed by atoms with Crippen LogP contribution in [0.3, 0.4) is 0 Å². The molecule has 0 bridgehead atoms. The van der Waals surface area contributed by atoms with Crippen LogP contribution < -0.4 is 24.6 Å². The van der Waals surface area contributed by atoms with E-state index < -0.39 is 0 Å². The van der Waals surface area contributed by atoms with Crippen molar-refractivity contribution in [2.75, 3.05) is 67.9 Å². The van der Waals surface area contributed by atoms with E-state index in [1.54, 1.807) is 55.7 Å². The van der Waals surface area contributed by atoms with E-state index in [2.05, 4.69) is 41.5 Å². The summed E-state index contributed by atoms with van der Waals surface area (Å²) in [5.74, 6) is 1.46. The minimum atomic E-state index is -0.0337. The van der Waals surface area contributed by atoms with E-state index in [-0.39, 0.29) is 5.91 Å². The van der Waals surface area contributed by atoms with Gasteiger partial charge in [-0.25, -0.2) is 4.98 Å². The van der Waals surface area contributed by atoms with Gasteiger partial charge in [0, 0.05) is 44.6 Å². The number of hydrogen-bond donors (Lipinski definition) is 2. The Hall–Kier alpha value is -3.68. The normalized spacial score (nSPS) is 11.0. The molecular weight excluding hydrogens is 582 g/mol. The molecule has 0 saturated heterocycles. The molecule has 2 aromatic carbocycles. The lowest BCUT2D eigenvalue weighted by Crippen LogP contribution is -2.35. The molecule has 4 aromatic rings. The zero-order valence-electron chi connectivity index (χ0n) is 22.6. The van der Waals surface area contributed by atoms with E-state index in [4.69, 9.17) is 9.72 Å². The standard InChI is InChI=1S/C26H30BrN9O2S/c1-34(2)15-22(37)35(3)16-7-10-21(38-5)20(13-16)32-26-30-14-17(27)25(33-26)31-19-9-8-18-23(29-12-11-28-18)24(19)36(4)39-6/h7-14H,15H2,1-6H3,(H2,30,31,32,33). The van der Waals surface area contributed by atoms with Gasteiger partial charge in [0.15, 0.2) is 0 Å². The van der Waals surface area contributed by atoms with Crippen molar-refractivity contribution >= 4 is 79.3 Å². The van der Waals surface area contributed by atoms with Gasteiger partial charge >= 0.3 is 0 Å². The summed E-state index contributed by atoms with van der Waals surface area (Å²) in [4.78, 5) is 34.2. The van der Waals surface area contributed by atoms with Crippen LogP contribution in [0.15, 0.2) is 53.4 Å². The van der Waals surface area contributed by atoms with Gasteiger partial charge in [0.05, 0.1) is 40.7 Å². The molecule has 1 amide bonds. The number of fused-ring (bicyclic) bond motifs is 1. The predicted octanol–water partition coefficient (Wildman–Crippen LogP) is 4.92. The Kier molecular flexibility index (Phi) is 9.04. The number of rotatable bonds is 10. The first-order chi connectivity index (χ1) is 18.7. The molecule has 0 atom stereocenters. The van der Waals surface area contributed by atoms with Gasteiger partial charge in [0.1, 0.15) is 17.1 Å². The van der Waals surface area contributed by atoms with Gasteiger partial charge in [0.2, 0.25) is 11.9 Å². The molecule has 0 saturated carbocycles. The Morgan fingerprint density at radius 2 is 1.79 bits per heavy atom. The number of amides is 1. The van der Waals surface area contributed by atoms with E-state index in [0.29, 0.717) is 39.9 Å². The summed E-state index contributed by atoms with van der Waals surface area (Å²) in [6.45, 7) is 0.296. The second-order valence-corrected chi connectivity index (χ2v) is 10.5. The Morgan fingerprint density at radius 1 is 1.03 bits per heavy atom. The van der Waals surface area contributed by atoms with E-state index in [1.165, 1.54) is 0 Å². The number of carbonyl (C=O) groups excluding carboxylic acids is 1. The minimum absolute atomic E-state index is 0.0337. The van der Waals surface area contributed by atoms with Gasteiger partial charge in [0.25, 0.3) is 0 Å². The summed E-state index contributed by atoms with van der Waals surface area (Å²) < 4.78 is 8.25. The third-order valence-corrected chi connectivity index (χ3v) is 7.15. The van der Waals surface area contributed by atoms with E-state index >= 15 is 0 Å². The third-order valence-electron chi connectivity index (χ3n) is 5.84. The monoisotopic (exact) mass is 611 g/mol. The van der Waals surface area contributed by atoms with Crippen LogP contribution in [0.2, 0.25) is 0 Å². The first-order valence-electron chi connectivity index (χ1n) is 11.9. The number of nitrogens with zero attached hydrogens (tertiary/aromatic N) is 7. The Morgan fingerprint density at radius 3 is 2.51 bits per heavy atom. The second kappa shape index (κ2) is 12.5. The molecule has 2 aromatic heterocycles. The first-order valence-corrected chi connectivity index (χ1v) is 13.9. The predicted molar refractivity (Wildman–Crippen MR) is 163 cm³/mol. The number of ether oxygens (including phenoxy) is 1. The molecule has 4 rings (SSSR count). The van der Waals surface area contributed by atoms with Crippen LogP contribution in [0, 0.1) is 0 Å². The molecule has 204 valence electrons. The quantitative estimate of drug-likeness (QED) is 0.238. The smallest absolute Gasteiger partial charge is 0.240 e. The van der Waals surface area contributed by atoms with Crippen molar-refractivity contribution in [1.82, 2.24) is 24.8 Å². The fraction of sp³-hybridized carbons (Fsp3) is 0.269. The molecule has 0 aliphatic carbocycles. The second-order valence-electron chi connectivity index (χ2n) is 8.78. The molecule has 2 heterocycles. The number of hydrogen-bond acceptors (Lipinski definition) is 11. The van der Waals surface area contributed by atoms with Crippen LogP contribution in [0.25, 0.3) is 11.0 Å². The maximum Gasteiger partial charge on any atom is 0.240 e. The minimum Gasteiger partial charge on any atom is -0.495 e. The van der Waals surface area contributed by atoms with Crippen LogP contribution in [-0.4, -0.2) is 78.8 Å². The fourth-order valence-electron chi connectivity index (χ4n) is 3.82. The number of benzene rings is 2. The zero-order chi connectivity index (χ0) is 28.1. The topological polar surface area (TPSA) is 112 Å². The number of nitrogens with one attached hydrogen (secondary N) is 2. The average Bonchev–Trinajstić information content (AvgIpc) is 2.93. The average molecular weight is 613 g/mol. The van der Waals surface area contributed by atoms with Crippen molar-refractivity contribution in [3.63, 3.8) is 0 Å². The van der Waals surface area contributed by atoms with Crippen LogP contribution in [-0.2, 0) is 4.79 Å². The van der Waals surface area contributed by atoms with Gasteiger partial charge in [-0.3, -0.25) is 14.8 Å². The van der Waals surface area contributed by atoms with Crippen LogP contribution in [0.1, 0.15) is 0 Å². The summed E-state index contributed by atoms with van der Waals surface area (Å²) in [5.41, 5.74) is 4.60. The SMILES string of the molecule is COc1ccc(N(C)C(=O)CN(C)C)cc1Nc1ncc(Br)c(Nc2ccc3nccnc3c2N(C)SC)n1. The molecule has 0 radical (unpaired) electrons. The van der Waals surface area contributed by atoms with Crippen molar-refractivity contribution in [2.24, 2.45) is 0 Å². The van der Waals surface area contributed by atoms with E-state index in [0.717, 1.165) is 22.4 Å². The summed E-state index contributed by atoms with van der Waals surface area (Å²) in [5, 5.41) is 6.65. The van der Waals surface area contributed by atoms with Crippen molar-refractivity contribution < 1.29 is 9.53 Å². The van der Waals surface area contributed by atoms with Crippen molar-refractivity contribution in [2.45, 2.75) is 0 Å². The number of anilines is 6. The van der Waals surface area contributed by atoms with Crippen molar-refractivity contribution in [3.05, 3.63) is 53.4 Å². The number of likely N-dealkylation sites (N-methyl/N-ethyl adjacent to an activating group) is 2. The Bertz CT molecular complexity index is 1490. The molecule has 0 aliphatic rings. The van der Waals surface area contributed by atoms with Gasteiger partial charge in [-0.1, -0.05) is 11.9 Å². The molecule has 13 heteroatoms. The van der Waals surface area contributed by atoms with Crippen LogP contribution in [0.4, 0.5) is 34.5 Å². The molecule has 11 nitrogen and oxygen atoms in total. The highest BCUT2D eigenvalue weighted by Gasteiger charge is 2.18. The number of halogens is 1. The van der Waals surface area contributed by atoms with Crippen molar-refractivity contribution in [1.29, 1.82) is 0 Å². The van der Waals surface area contributed by atoms with Gasteiger partial charge in [-0.15, -0.1) is 0 Å². The lowest BCUT2D eigenvalue weighted by molar-refractivity contribution is -0.118. The third kappa shape index (κ3) is 6.49. The molecule has 0 aliphatic heterocycles. The maximum atomic E-state index is 12.6. The summed E-state index contributed by atoms with van der Waals surface area (Å²) in [7, 11) is 9.02. The summed E-state index contributed by atoms with van der Waals surface area (Å²) in [6, 6.07) is 9.34. The Balaban J connectivity index is 1.66. The molecule has 0 spiro atoms. The van der Waals surface area contributed by atoms with Crippen molar-refractivity contribution in [3.8, 4) is 5.75 Å². The fourth-order valence-corrected chi connectivity index (χ4v) is 4.48. The Labute approximate surface area is 240 Å². The molecule has 39 heavy (non-hydrogen) atoms. The molecule has 2 N–H and O–H groups in total. The lowest BCUT2D eigenvalue weighted by Gasteiger charge is -2.22. The molecular formula is C26H30BrN9O2S. The lowest BCUT2D eigenvalue weighted by atomic mass is 10.2. The molecule has 0 fully saturated rings. The van der Waals surface area contributed by atoms with Crippen LogP contribution >= 0.6 is 27.9 Å². The largest absolute Gasteiger partial charge is 0.495 e. The van der Waals surface area contributed by atoms with Crippen LogP contribution in [0.5, 0.6) is 5.75 Å². The highest BCUT2D eigenvalue weighted by atomic mass is 79.9. The zero-order valence-corrected chi connectivity index (χ0v) is 25.0.